The number of hydrogen-bond donors (Lipinski definition) is 2. The Hall–Kier alpha value is -2.77. The number of aliphatic carboxylic acids is 1. The lowest BCUT2D eigenvalue weighted by molar-refractivity contribution is -0.137. The molecule has 0 fully saturated rings. The van der Waals surface area contributed by atoms with Crippen LogP contribution in [0.2, 0.25) is 5.02 Å². The van der Waals surface area contributed by atoms with Crippen LogP contribution < -0.4 is 5.32 Å². The van der Waals surface area contributed by atoms with Crippen molar-refractivity contribution in [1.82, 2.24) is 10.3 Å². The van der Waals surface area contributed by atoms with Gasteiger partial charge in [0, 0.05) is 21.5 Å². The van der Waals surface area contributed by atoms with E-state index in [2.05, 4.69) is 10.3 Å². The van der Waals surface area contributed by atoms with Gasteiger partial charge in [-0.15, -0.1) is 11.3 Å². The van der Waals surface area contributed by atoms with Gasteiger partial charge >= 0.3 is 5.97 Å². The fourth-order valence-electron chi connectivity index (χ4n) is 2.54. The molecule has 0 radical (unpaired) electrons. The first-order valence-electron chi connectivity index (χ1n) is 7.92. The molecule has 138 valence electrons. The highest BCUT2D eigenvalue weighted by atomic mass is 35.5. The van der Waals surface area contributed by atoms with Gasteiger partial charge in [-0.25, -0.2) is 9.37 Å². The van der Waals surface area contributed by atoms with E-state index in [-0.39, 0.29) is 11.3 Å². The third kappa shape index (κ3) is 4.69. The van der Waals surface area contributed by atoms with E-state index in [1.807, 2.05) is 6.07 Å². The third-order valence-electron chi connectivity index (χ3n) is 3.77. The lowest BCUT2D eigenvalue weighted by Crippen LogP contribution is -2.31. The smallest absolute Gasteiger partial charge is 0.305 e. The van der Waals surface area contributed by atoms with Gasteiger partial charge in [0.05, 0.1) is 12.5 Å². The number of carboxylic acids is 1. The van der Waals surface area contributed by atoms with Gasteiger partial charge in [-0.05, 0) is 18.2 Å². The molecule has 3 rings (SSSR count). The SMILES string of the molecule is O=C(O)C[C@H](NC(=O)c1csc(-c2cccc(Cl)c2)n1)c1ccccc1F. The number of carbonyl (C=O) groups is 2. The molecule has 0 bridgehead atoms. The fraction of sp³-hybridized carbons (Fsp3) is 0.105. The van der Waals surface area contributed by atoms with Crippen molar-refractivity contribution >= 4 is 34.8 Å². The molecule has 2 N–H and O–H groups in total. The molecule has 0 spiro atoms. The van der Waals surface area contributed by atoms with E-state index in [1.165, 1.54) is 29.5 Å². The molecule has 0 aliphatic rings. The number of rotatable bonds is 6. The molecule has 1 heterocycles. The van der Waals surface area contributed by atoms with Crippen molar-refractivity contribution in [2.45, 2.75) is 12.5 Å². The number of carbonyl (C=O) groups excluding carboxylic acids is 1. The summed E-state index contributed by atoms with van der Waals surface area (Å²) < 4.78 is 14.0. The number of carboxylic acid groups (broad SMARTS) is 1. The molecule has 0 aliphatic carbocycles. The lowest BCUT2D eigenvalue weighted by Gasteiger charge is -2.17. The molecule has 0 saturated carbocycles. The first-order valence-corrected chi connectivity index (χ1v) is 9.18. The van der Waals surface area contributed by atoms with Gasteiger partial charge in [0.25, 0.3) is 5.91 Å². The largest absolute Gasteiger partial charge is 0.481 e. The molecular weight excluding hydrogens is 391 g/mol. The second kappa shape index (κ2) is 8.28. The van der Waals surface area contributed by atoms with E-state index in [4.69, 9.17) is 16.7 Å². The van der Waals surface area contributed by atoms with E-state index in [0.29, 0.717) is 10.0 Å². The normalized spacial score (nSPS) is 11.8. The van der Waals surface area contributed by atoms with Crippen LogP contribution in [0.4, 0.5) is 4.39 Å². The van der Waals surface area contributed by atoms with Crippen molar-refractivity contribution in [3.63, 3.8) is 0 Å². The molecule has 8 heteroatoms. The number of halogens is 2. The van der Waals surface area contributed by atoms with Crippen LogP contribution in [0.5, 0.6) is 0 Å². The maximum Gasteiger partial charge on any atom is 0.305 e. The van der Waals surface area contributed by atoms with E-state index >= 15 is 0 Å². The molecule has 5 nitrogen and oxygen atoms in total. The van der Waals surface area contributed by atoms with Gasteiger partial charge in [-0.2, -0.15) is 0 Å². The van der Waals surface area contributed by atoms with Crippen LogP contribution in [0.15, 0.2) is 53.9 Å². The first-order chi connectivity index (χ1) is 12.9. The Morgan fingerprint density at radius 2 is 2.00 bits per heavy atom. The van der Waals surface area contributed by atoms with Crippen molar-refractivity contribution in [3.05, 3.63) is 76.0 Å². The van der Waals surface area contributed by atoms with Crippen LogP contribution in [0.1, 0.15) is 28.5 Å². The van der Waals surface area contributed by atoms with E-state index < -0.39 is 30.2 Å². The summed E-state index contributed by atoms with van der Waals surface area (Å²) in [6.45, 7) is 0. The summed E-state index contributed by atoms with van der Waals surface area (Å²) in [4.78, 5) is 27.9. The fourth-order valence-corrected chi connectivity index (χ4v) is 3.52. The Morgan fingerprint density at radius 1 is 1.22 bits per heavy atom. The maximum absolute atomic E-state index is 14.0. The van der Waals surface area contributed by atoms with Gasteiger partial charge in [0.2, 0.25) is 0 Å². The molecular formula is C19H14ClFN2O3S. The van der Waals surface area contributed by atoms with Crippen LogP contribution in [0, 0.1) is 5.82 Å². The molecule has 0 aliphatic heterocycles. The zero-order valence-corrected chi connectivity index (χ0v) is 15.4. The summed E-state index contributed by atoms with van der Waals surface area (Å²) in [5, 5.41) is 14.4. The molecule has 1 amide bonds. The minimum atomic E-state index is -1.15. The molecule has 0 unspecified atom stereocenters. The zero-order valence-electron chi connectivity index (χ0n) is 13.9. The van der Waals surface area contributed by atoms with Gasteiger partial charge in [-0.1, -0.05) is 41.9 Å². The Kier molecular flexibility index (Phi) is 5.83. The monoisotopic (exact) mass is 404 g/mol. The van der Waals surface area contributed by atoms with Gasteiger partial charge in [0.1, 0.15) is 16.5 Å². The van der Waals surface area contributed by atoms with Crippen molar-refractivity contribution in [1.29, 1.82) is 0 Å². The van der Waals surface area contributed by atoms with Crippen LogP contribution in [-0.2, 0) is 4.79 Å². The Labute approximate surface area is 163 Å². The standard InChI is InChI=1S/C19H14ClFN2O3S/c20-12-5-3-4-11(8-12)19-23-16(10-27-19)18(26)22-15(9-17(24)25)13-6-1-2-7-14(13)21/h1-8,10,15H,9H2,(H,22,26)(H,24,25)/t15-/m0/s1. The average molecular weight is 405 g/mol. The van der Waals surface area contributed by atoms with E-state index in [9.17, 15) is 14.0 Å². The first kappa shape index (κ1) is 19.0. The number of aromatic nitrogens is 1. The Morgan fingerprint density at radius 3 is 2.70 bits per heavy atom. The van der Waals surface area contributed by atoms with Crippen molar-refractivity contribution in [3.8, 4) is 10.6 Å². The van der Waals surface area contributed by atoms with Gasteiger partial charge < -0.3 is 10.4 Å². The molecule has 1 atom stereocenters. The third-order valence-corrected chi connectivity index (χ3v) is 4.90. The number of hydrogen-bond acceptors (Lipinski definition) is 4. The highest BCUT2D eigenvalue weighted by Crippen LogP contribution is 2.27. The highest BCUT2D eigenvalue weighted by Gasteiger charge is 2.23. The molecule has 27 heavy (non-hydrogen) atoms. The van der Waals surface area contributed by atoms with Crippen LogP contribution in [0.25, 0.3) is 10.6 Å². The second-order valence-corrected chi connectivity index (χ2v) is 6.99. The van der Waals surface area contributed by atoms with Crippen LogP contribution >= 0.6 is 22.9 Å². The van der Waals surface area contributed by atoms with E-state index in [1.54, 1.807) is 29.6 Å². The number of thiazole rings is 1. The number of amides is 1. The van der Waals surface area contributed by atoms with Crippen LogP contribution in [0.3, 0.4) is 0 Å². The number of nitrogens with zero attached hydrogens (tertiary/aromatic N) is 1. The summed E-state index contributed by atoms with van der Waals surface area (Å²) in [5.74, 6) is -2.31. The molecule has 1 aromatic heterocycles. The predicted molar refractivity (Wildman–Crippen MR) is 101 cm³/mol. The summed E-state index contributed by atoms with van der Waals surface area (Å²) in [7, 11) is 0. The van der Waals surface area contributed by atoms with Gasteiger partial charge in [-0.3, -0.25) is 9.59 Å². The molecule has 0 saturated heterocycles. The number of benzene rings is 2. The topological polar surface area (TPSA) is 79.3 Å². The zero-order chi connectivity index (χ0) is 19.4. The minimum absolute atomic E-state index is 0.110. The van der Waals surface area contributed by atoms with Crippen molar-refractivity contribution in [2.24, 2.45) is 0 Å². The molecule has 2 aromatic carbocycles. The molecule has 3 aromatic rings. The predicted octanol–water partition coefficient (Wildman–Crippen LogP) is 4.55. The highest BCUT2D eigenvalue weighted by molar-refractivity contribution is 7.13. The Balaban J connectivity index is 1.82. The summed E-state index contributed by atoms with van der Waals surface area (Å²) >= 11 is 7.23. The lowest BCUT2D eigenvalue weighted by atomic mass is 10.0. The van der Waals surface area contributed by atoms with Crippen molar-refractivity contribution < 1.29 is 19.1 Å². The summed E-state index contributed by atoms with van der Waals surface area (Å²) in [6, 6.07) is 11.8. The average Bonchev–Trinajstić information content (AvgIpc) is 3.11. The summed E-state index contributed by atoms with van der Waals surface area (Å²) in [6.07, 6.45) is -0.446. The Bertz CT molecular complexity index is 992. The maximum atomic E-state index is 14.0. The quantitative estimate of drug-likeness (QED) is 0.631. The van der Waals surface area contributed by atoms with Crippen LogP contribution in [-0.4, -0.2) is 22.0 Å². The minimum Gasteiger partial charge on any atom is -0.481 e. The van der Waals surface area contributed by atoms with Crippen molar-refractivity contribution in [2.75, 3.05) is 0 Å². The number of nitrogens with one attached hydrogen (secondary N) is 1. The van der Waals surface area contributed by atoms with Gasteiger partial charge in [0.15, 0.2) is 0 Å². The second-order valence-electron chi connectivity index (χ2n) is 5.69. The summed E-state index contributed by atoms with van der Waals surface area (Å²) in [5.41, 5.74) is 1.00. The van der Waals surface area contributed by atoms with E-state index in [0.717, 1.165) is 5.56 Å².